The highest BCUT2D eigenvalue weighted by Gasteiger charge is 2.19. The first kappa shape index (κ1) is 13.1. The third-order valence-electron chi connectivity index (χ3n) is 2.79. The fourth-order valence-corrected chi connectivity index (χ4v) is 1.66. The highest BCUT2D eigenvalue weighted by molar-refractivity contribution is 5.26. The summed E-state index contributed by atoms with van der Waals surface area (Å²) >= 11 is 0. The van der Waals surface area contributed by atoms with E-state index in [4.69, 9.17) is 4.74 Å². The molecule has 0 spiro atoms. The van der Waals surface area contributed by atoms with Crippen LogP contribution in [-0.4, -0.2) is 18.8 Å². The molecular weight excluding hydrogens is 207 g/mol. The van der Waals surface area contributed by atoms with E-state index in [9.17, 15) is 9.50 Å². The Bertz CT molecular complexity index is 339. The van der Waals surface area contributed by atoms with Crippen molar-refractivity contribution in [3.8, 4) is 0 Å². The van der Waals surface area contributed by atoms with Gasteiger partial charge in [0.05, 0.1) is 6.10 Å². The molecular formula is C13H19FO2. The number of aliphatic hydroxyl groups is 1. The Labute approximate surface area is 96.1 Å². The molecule has 0 saturated heterocycles. The summed E-state index contributed by atoms with van der Waals surface area (Å²) in [6.45, 7) is 4.35. The van der Waals surface area contributed by atoms with Gasteiger partial charge in [-0.3, -0.25) is 0 Å². The summed E-state index contributed by atoms with van der Waals surface area (Å²) in [7, 11) is 1.62. The molecule has 1 rings (SSSR count). The van der Waals surface area contributed by atoms with Gasteiger partial charge in [0.1, 0.15) is 5.82 Å². The molecule has 3 heteroatoms. The van der Waals surface area contributed by atoms with Crippen molar-refractivity contribution < 1.29 is 14.2 Å². The van der Waals surface area contributed by atoms with Crippen molar-refractivity contribution >= 4 is 0 Å². The maximum Gasteiger partial charge on any atom is 0.129 e. The molecule has 2 atom stereocenters. The summed E-state index contributed by atoms with van der Waals surface area (Å²) in [5.74, 6) is -0.362. The van der Waals surface area contributed by atoms with E-state index in [1.807, 2.05) is 13.8 Å². The van der Waals surface area contributed by atoms with E-state index >= 15 is 0 Å². The highest BCUT2D eigenvalue weighted by atomic mass is 19.1. The summed E-state index contributed by atoms with van der Waals surface area (Å²) in [5.41, 5.74) is 1.33. The highest BCUT2D eigenvalue weighted by Crippen LogP contribution is 2.27. The lowest BCUT2D eigenvalue weighted by Gasteiger charge is -2.19. The van der Waals surface area contributed by atoms with Crippen molar-refractivity contribution in [2.24, 2.45) is 5.92 Å². The first-order valence-electron chi connectivity index (χ1n) is 5.49. The van der Waals surface area contributed by atoms with Crippen molar-refractivity contribution in [2.75, 3.05) is 13.7 Å². The van der Waals surface area contributed by atoms with Crippen LogP contribution in [0.4, 0.5) is 4.39 Å². The van der Waals surface area contributed by atoms with E-state index in [0.29, 0.717) is 18.6 Å². The van der Waals surface area contributed by atoms with E-state index in [-0.39, 0.29) is 11.7 Å². The molecule has 0 aromatic heterocycles. The number of halogens is 1. The lowest BCUT2D eigenvalue weighted by Crippen LogP contribution is -2.13. The van der Waals surface area contributed by atoms with Gasteiger partial charge in [0, 0.05) is 19.3 Å². The van der Waals surface area contributed by atoms with Crippen molar-refractivity contribution in [1.82, 2.24) is 0 Å². The molecule has 0 bridgehead atoms. The van der Waals surface area contributed by atoms with Gasteiger partial charge in [0.15, 0.2) is 0 Å². The monoisotopic (exact) mass is 226 g/mol. The van der Waals surface area contributed by atoms with E-state index in [1.54, 1.807) is 19.2 Å². The van der Waals surface area contributed by atoms with E-state index in [1.165, 1.54) is 6.07 Å². The second-order valence-electron chi connectivity index (χ2n) is 4.23. The summed E-state index contributed by atoms with van der Waals surface area (Å²) in [6.07, 6.45) is -0.0551. The number of hydrogen-bond acceptors (Lipinski definition) is 2. The van der Waals surface area contributed by atoms with Crippen molar-refractivity contribution in [2.45, 2.75) is 26.4 Å². The summed E-state index contributed by atoms with van der Waals surface area (Å²) in [4.78, 5) is 0. The maximum absolute atomic E-state index is 13.5. The Balaban J connectivity index is 2.78. The molecule has 2 unspecified atom stereocenters. The van der Waals surface area contributed by atoms with Crippen LogP contribution in [0.5, 0.6) is 0 Å². The van der Waals surface area contributed by atoms with Crippen LogP contribution in [0.15, 0.2) is 18.2 Å². The van der Waals surface area contributed by atoms with Crippen LogP contribution in [0.2, 0.25) is 0 Å². The largest absolute Gasteiger partial charge is 0.388 e. The minimum absolute atomic E-state index is 0.0174. The fourth-order valence-electron chi connectivity index (χ4n) is 1.66. The van der Waals surface area contributed by atoms with Crippen LogP contribution in [0.3, 0.4) is 0 Å². The lowest BCUT2D eigenvalue weighted by atomic mass is 9.93. The molecule has 0 saturated carbocycles. The van der Waals surface area contributed by atoms with Crippen LogP contribution in [0.25, 0.3) is 0 Å². The zero-order valence-electron chi connectivity index (χ0n) is 10.0. The summed E-state index contributed by atoms with van der Waals surface area (Å²) in [6, 6.07) is 4.80. The average Bonchev–Trinajstić information content (AvgIpc) is 2.28. The van der Waals surface area contributed by atoms with Gasteiger partial charge in [0.2, 0.25) is 0 Å². The summed E-state index contributed by atoms with van der Waals surface area (Å²) in [5, 5.41) is 10.0. The molecule has 1 aromatic rings. The second-order valence-corrected chi connectivity index (χ2v) is 4.23. The summed E-state index contributed by atoms with van der Waals surface area (Å²) < 4.78 is 18.5. The third-order valence-corrected chi connectivity index (χ3v) is 2.79. The van der Waals surface area contributed by atoms with Gasteiger partial charge in [-0.25, -0.2) is 4.39 Å². The quantitative estimate of drug-likeness (QED) is 0.836. The minimum atomic E-state index is -0.768. The topological polar surface area (TPSA) is 29.5 Å². The van der Waals surface area contributed by atoms with E-state index < -0.39 is 6.10 Å². The zero-order valence-corrected chi connectivity index (χ0v) is 10.0. The van der Waals surface area contributed by atoms with Gasteiger partial charge in [-0.15, -0.1) is 0 Å². The first-order chi connectivity index (χ1) is 7.56. The Hall–Kier alpha value is -0.930. The van der Waals surface area contributed by atoms with Gasteiger partial charge in [-0.05, 0) is 25.3 Å². The van der Waals surface area contributed by atoms with Gasteiger partial charge < -0.3 is 9.84 Å². The zero-order chi connectivity index (χ0) is 12.1. The standard InChI is InChI=1S/C13H19FO2/c1-9-4-5-12(14)11(8-9)13(15)10(2)6-7-16-3/h4-5,8,10,13,15H,6-7H2,1-3H3. The number of aliphatic hydroxyl groups excluding tert-OH is 1. The second kappa shape index (κ2) is 5.97. The number of methoxy groups -OCH3 is 1. The number of rotatable bonds is 5. The van der Waals surface area contributed by atoms with Gasteiger partial charge in [-0.2, -0.15) is 0 Å². The molecule has 0 heterocycles. The van der Waals surface area contributed by atoms with Crippen LogP contribution in [-0.2, 0) is 4.74 Å². The van der Waals surface area contributed by atoms with Gasteiger partial charge in [0.25, 0.3) is 0 Å². The third kappa shape index (κ3) is 3.29. The van der Waals surface area contributed by atoms with Crippen molar-refractivity contribution in [3.63, 3.8) is 0 Å². The molecule has 0 radical (unpaired) electrons. The Kier molecular flexibility index (Phi) is 4.90. The number of hydrogen-bond donors (Lipinski definition) is 1. The van der Waals surface area contributed by atoms with E-state index in [0.717, 1.165) is 5.56 Å². The maximum atomic E-state index is 13.5. The van der Waals surface area contributed by atoms with Crippen molar-refractivity contribution in [1.29, 1.82) is 0 Å². The number of ether oxygens (including phenoxy) is 1. The molecule has 2 nitrogen and oxygen atoms in total. The van der Waals surface area contributed by atoms with Crippen LogP contribution in [0, 0.1) is 18.7 Å². The molecule has 0 aliphatic heterocycles. The van der Waals surface area contributed by atoms with Gasteiger partial charge in [-0.1, -0.05) is 24.6 Å². The van der Waals surface area contributed by atoms with Crippen molar-refractivity contribution in [3.05, 3.63) is 35.1 Å². The normalized spacial score (nSPS) is 14.8. The number of benzene rings is 1. The Morgan fingerprint density at radius 2 is 2.12 bits per heavy atom. The molecule has 0 fully saturated rings. The molecule has 0 aliphatic rings. The molecule has 1 N–H and O–H groups in total. The first-order valence-corrected chi connectivity index (χ1v) is 5.49. The predicted molar refractivity (Wildman–Crippen MR) is 61.8 cm³/mol. The molecule has 90 valence electrons. The van der Waals surface area contributed by atoms with Crippen LogP contribution >= 0.6 is 0 Å². The molecule has 16 heavy (non-hydrogen) atoms. The van der Waals surface area contributed by atoms with Crippen LogP contribution < -0.4 is 0 Å². The Morgan fingerprint density at radius 3 is 2.75 bits per heavy atom. The molecule has 0 amide bonds. The van der Waals surface area contributed by atoms with E-state index in [2.05, 4.69) is 0 Å². The number of aryl methyl sites for hydroxylation is 1. The van der Waals surface area contributed by atoms with Crippen LogP contribution in [0.1, 0.15) is 30.6 Å². The molecule has 0 aliphatic carbocycles. The fraction of sp³-hybridized carbons (Fsp3) is 0.538. The minimum Gasteiger partial charge on any atom is -0.388 e. The Morgan fingerprint density at radius 1 is 1.44 bits per heavy atom. The predicted octanol–water partition coefficient (Wildman–Crippen LogP) is 2.84. The lowest BCUT2D eigenvalue weighted by molar-refractivity contribution is 0.0858. The smallest absolute Gasteiger partial charge is 0.129 e. The average molecular weight is 226 g/mol. The molecule has 1 aromatic carbocycles. The SMILES string of the molecule is COCCC(C)C(O)c1cc(C)ccc1F. The van der Waals surface area contributed by atoms with Gasteiger partial charge >= 0.3 is 0 Å².